The number of ether oxygens (including phenoxy) is 2. The quantitative estimate of drug-likeness (QED) is 0.791. The third-order valence-corrected chi connectivity index (χ3v) is 2.85. The Morgan fingerprint density at radius 2 is 1.74 bits per heavy atom. The highest BCUT2D eigenvalue weighted by atomic mass is 19.1. The van der Waals surface area contributed by atoms with Crippen molar-refractivity contribution >= 4 is 6.29 Å². The topological polar surface area (TPSA) is 35.5 Å². The smallest absolute Gasteiger partial charge is 0.153 e. The van der Waals surface area contributed by atoms with E-state index in [1.165, 1.54) is 19.2 Å². The van der Waals surface area contributed by atoms with Crippen molar-refractivity contribution in [2.45, 2.75) is 0 Å². The van der Waals surface area contributed by atoms with E-state index in [0.717, 1.165) is 0 Å². The van der Waals surface area contributed by atoms with Gasteiger partial charge in [-0.2, -0.15) is 0 Å². The van der Waals surface area contributed by atoms with Gasteiger partial charge in [-0.1, -0.05) is 12.1 Å². The van der Waals surface area contributed by atoms with Crippen LogP contribution in [0.3, 0.4) is 0 Å². The summed E-state index contributed by atoms with van der Waals surface area (Å²) in [6.45, 7) is 0. The Kier molecular flexibility index (Phi) is 3.80. The molecule has 0 aliphatic carbocycles. The fourth-order valence-electron chi connectivity index (χ4n) is 1.83. The van der Waals surface area contributed by atoms with Gasteiger partial charge in [0.25, 0.3) is 0 Å². The summed E-state index contributed by atoms with van der Waals surface area (Å²) in [5.41, 5.74) is 1.34. The Labute approximate surface area is 110 Å². The van der Waals surface area contributed by atoms with E-state index in [1.54, 1.807) is 31.4 Å². The van der Waals surface area contributed by atoms with Gasteiger partial charge in [-0.25, -0.2) is 4.39 Å². The van der Waals surface area contributed by atoms with Crippen molar-refractivity contribution < 1.29 is 18.7 Å². The third kappa shape index (κ3) is 2.57. The van der Waals surface area contributed by atoms with Crippen LogP contribution in [-0.4, -0.2) is 20.5 Å². The predicted molar refractivity (Wildman–Crippen MR) is 70.3 cm³/mol. The molecule has 3 nitrogen and oxygen atoms in total. The van der Waals surface area contributed by atoms with Crippen LogP contribution in [0, 0.1) is 5.82 Å². The van der Waals surface area contributed by atoms with E-state index in [2.05, 4.69) is 0 Å². The number of methoxy groups -OCH3 is 2. The molecule has 0 aliphatic heterocycles. The van der Waals surface area contributed by atoms with Crippen molar-refractivity contribution in [2.24, 2.45) is 0 Å². The highest BCUT2D eigenvalue weighted by Crippen LogP contribution is 2.30. The molecule has 0 heterocycles. The zero-order valence-corrected chi connectivity index (χ0v) is 10.6. The van der Waals surface area contributed by atoms with Gasteiger partial charge in [0, 0.05) is 11.6 Å². The molecule has 0 aliphatic rings. The van der Waals surface area contributed by atoms with Crippen LogP contribution in [0.1, 0.15) is 10.4 Å². The zero-order valence-electron chi connectivity index (χ0n) is 10.6. The predicted octanol–water partition coefficient (Wildman–Crippen LogP) is 3.32. The van der Waals surface area contributed by atoms with Crippen LogP contribution >= 0.6 is 0 Å². The monoisotopic (exact) mass is 260 g/mol. The number of hydrogen-bond donors (Lipinski definition) is 0. The summed E-state index contributed by atoms with van der Waals surface area (Å²) in [7, 11) is 2.96. The highest BCUT2D eigenvalue weighted by Gasteiger charge is 2.11. The van der Waals surface area contributed by atoms with Crippen molar-refractivity contribution in [1.82, 2.24) is 0 Å². The fraction of sp³-hybridized carbons (Fsp3) is 0.133. The first-order chi connectivity index (χ1) is 9.19. The van der Waals surface area contributed by atoms with Crippen LogP contribution in [0.25, 0.3) is 11.1 Å². The molecule has 0 bridgehead atoms. The van der Waals surface area contributed by atoms with E-state index in [4.69, 9.17) is 9.47 Å². The number of hydrogen-bond acceptors (Lipinski definition) is 3. The normalized spacial score (nSPS) is 10.1. The molecule has 0 amide bonds. The molecule has 0 N–H and O–H groups in total. The second kappa shape index (κ2) is 5.52. The maximum atomic E-state index is 14.0. The van der Waals surface area contributed by atoms with E-state index in [1.807, 2.05) is 0 Å². The molecule has 0 atom stereocenters. The third-order valence-electron chi connectivity index (χ3n) is 2.85. The second-order valence-corrected chi connectivity index (χ2v) is 3.92. The van der Waals surface area contributed by atoms with Crippen LogP contribution < -0.4 is 9.47 Å². The molecule has 19 heavy (non-hydrogen) atoms. The minimum atomic E-state index is -0.437. The minimum Gasteiger partial charge on any atom is -0.497 e. The summed E-state index contributed by atoms with van der Waals surface area (Å²) >= 11 is 0. The molecule has 0 saturated heterocycles. The number of halogens is 1. The Hall–Kier alpha value is -2.36. The standard InChI is InChI=1S/C15H13FO3/c1-18-12-5-3-10(4-6-12)13-7-11(9-17)15(19-2)8-14(13)16/h3-9H,1-2H3. The lowest BCUT2D eigenvalue weighted by Crippen LogP contribution is -1.94. The summed E-state index contributed by atoms with van der Waals surface area (Å²) in [6, 6.07) is 9.63. The maximum Gasteiger partial charge on any atom is 0.153 e. The van der Waals surface area contributed by atoms with Crippen LogP contribution in [0.2, 0.25) is 0 Å². The number of aldehydes is 1. The Morgan fingerprint density at radius 1 is 1.05 bits per heavy atom. The van der Waals surface area contributed by atoms with Crippen molar-refractivity contribution in [3.05, 3.63) is 47.8 Å². The van der Waals surface area contributed by atoms with Crippen LogP contribution in [0.15, 0.2) is 36.4 Å². The van der Waals surface area contributed by atoms with E-state index in [0.29, 0.717) is 28.7 Å². The van der Waals surface area contributed by atoms with Crippen molar-refractivity contribution in [3.8, 4) is 22.6 Å². The van der Waals surface area contributed by atoms with Gasteiger partial charge in [0.1, 0.15) is 17.3 Å². The van der Waals surface area contributed by atoms with Gasteiger partial charge in [0.05, 0.1) is 19.8 Å². The fourth-order valence-corrected chi connectivity index (χ4v) is 1.83. The molecule has 0 saturated carbocycles. The summed E-state index contributed by atoms with van der Waals surface area (Å²) in [4.78, 5) is 11.0. The summed E-state index contributed by atoms with van der Waals surface area (Å²) in [5.74, 6) is 0.477. The lowest BCUT2D eigenvalue weighted by molar-refractivity contribution is 0.112. The molecule has 98 valence electrons. The van der Waals surface area contributed by atoms with Crippen LogP contribution in [-0.2, 0) is 0 Å². The second-order valence-electron chi connectivity index (χ2n) is 3.92. The average molecular weight is 260 g/mol. The van der Waals surface area contributed by atoms with Crippen molar-refractivity contribution in [3.63, 3.8) is 0 Å². The number of carbonyl (C=O) groups is 1. The molecule has 0 aromatic heterocycles. The lowest BCUT2D eigenvalue weighted by atomic mass is 10.0. The van der Waals surface area contributed by atoms with E-state index in [-0.39, 0.29) is 5.75 Å². The summed E-state index contributed by atoms with van der Waals surface area (Å²) < 4.78 is 24.0. The summed E-state index contributed by atoms with van der Waals surface area (Å²) in [6.07, 6.45) is 0.644. The van der Waals surface area contributed by atoms with E-state index in [9.17, 15) is 9.18 Å². The number of benzene rings is 2. The van der Waals surface area contributed by atoms with Gasteiger partial charge >= 0.3 is 0 Å². The Morgan fingerprint density at radius 3 is 2.26 bits per heavy atom. The largest absolute Gasteiger partial charge is 0.497 e. The van der Waals surface area contributed by atoms with Crippen LogP contribution in [0.4, 0.5) is 4.39 Å². The van der Waals surface area contributed by atoms with Gasteiger partial charge in [-0.3, -0.25) is 4.79 Å². The lowest BCUT2D eigenvalue weighted by Gasteiger charge is -2.09. The molecule has 2 aromatic carbocycles. The minimum absolute atomic E-state index is 0.227. The SMILES string of the molecule is COc1ccc(-c2cc(C=O)c(OC)cc2F)cc1. The van der Waals surface area contributed by atoms with E-state index >= 15 is 0 Å². The zero-order chi connectivity index (χ0) is 13.8. The first-order valence-corrected chi connectivity index (χ1v) is 5.66. The molecule has 0 radical (unpaired) electrons. The Bertz CT molecular complexity index is 591. The van der Waals surface area contributed by atoms with Gasteiger partial charge in [0.15, 0.2) is 6.29 Å². The molecular weight excluding hydrogens is 247 g/mol. The molecule has 0 spiro atoms. The Balaban J connectivity index is 2.51. The maximum absolute atomic E-state index is 14.0. The van der Waals surface area contributed by atoms with Crippen LogP contribution in [0.5, 0.6) is 11.5 Å². The van der Waals surface area contributed by atoms with E-state index < -0.39 is 5.82 Å². The average Bonchev–Trinajstić information content (AvgIpc) is 2.47. The van der Waals surface area contributed by atoms with Gasteiger partial charge in [-0.15, -0.1) is 0 Å². The molecule has 2 aromatic rings. The van der Waals surface area contributed by atoms with Crippen molar-refractivity contribution in [2.75, 3.05) is 14.2 Å². The molecule has 2 rings (SSSR count). The molecule has 4 heteroatoms. The van der Waals surface area contributed by atoms with Gasteiger partial charge < -0.3 is 9.47 Å². The summed E-state index contributed by atoms with van der Waals surface area (Å²) in [5, 5.41) is 0. The molecular formula is C15H13FO3. The van der Waals surface area contributed by atoms with Gasteiger partial charge in [0.2, 0.25) is 0 Å². The van der Waals surface area contributed by atoms with Gasteiger partial charge in [-0.05, 0) is 23.8 Å². The molecule has 0 unspecified atom stereocenters. The first-order valence-electron chi connectivity index (χ1n) is 5.66. The van der Waals surface area contributed by atoms with Crippen molar-refractivity contribution in [1.29, 1.82) is 0 Å². The highest BCUT2D eigenvalue weighted by molar-refractivity contribution is 5.83. The first kappa shape index (κ1) is 13.1. The number of rotatable bonds is 4. The molecule has 0 fully saturated rings. The number of carbonyl (C=O) groups excluding carboxylic acids is 1.